The SMILES string of the molecule is Cc1ccc2c(c1C)Sc1c(C)c(C)c(C)c(C)c1N2. The summed E-state index contributed by atoms with van der Waals surface area (Å²) >= 11 is 1.92. The zero-order valence-electron chi connectivity index (χ0n) is 13.1. The maximum absolute atomic E-state index is 3.66. The van der Waals surface area contributed by atoms with Gasteiger partial charge in [0, 0.05) is 9.79 Å². The third-order valence-corrected chi connectivity index (χ3v) is 6.22. The summed E-state index contributed by atoms with van der Waals surface area (Å²) in [4.78, 5) is 2.77. The van der Waals surface area contributed by atoms with E-state index in [0.29, 0.717) is 0 Å². The highest BCUT2D eigenvalue weighted by Crippen LogP contribution is 2.50. The lowest BCUT2D eigenvalue weighted by molar-refractivity contribution is 1.12. The molecule has 0 aliphatic carbocycles. The molecule has 0 bridgehead atoms. The van der Waals surface area contributed by atoms with Gasteiger partial charge in [0.15, 0.2) is 0 Å². The molecule has 1 heterocycles. The number of anilines is 2. The number of hydrogen-bond donors (Lipinski definition) is 1. The van der Waals surface area contributed by atoms with E-state index >= 15 is 0 Å². The molecule has 0 aromatic heterocycles. The van der Waals surface area contributed by atoms with Crippen LogP contribution in [0.1, 0.15) is 33.4 Å². The van der Waals surface area contributed by atoms with Gasteiger partial charge in [-0.15, -0.1) is 0 Å². The molecule has 104 valence electrons. The summed E-state index contributed by atoms with van der Waals surface area (Å²) < 4.78 is 0. The van der Waals surface area contributed by atoms with Crippen LogP contribution in [-0.4, -0.2) is 0 Å². The fraction of sp³-hybridized carbons (Fsp3) is 0.333. The zero-order chi connectivity index (χ0) is 14.6. The topological polar surface area (TPSA) is 12.0 Å². The summed E-state index contributed by atoms with van der Waals surface area (Å²) in [5, 5.41) is 3.66. The van der Waals surface area contributed by atoms with Crippen LogP contribution in [0.25, 0.3) is 0 Å². The maximum atomic E-state index is 3.66. The molecule has 3 rings (SSSR count). The molecular formula is C18H21NS. The van der Waals surface area contributed by atoms with Crippen LogP contribution in [0.2, 0.25) is 0 Å². The number of aryl methyl sites for hydroxylation is 1. The van der Waals surface area contributed by atoms with E-state index < -0.39 is 0 Å². The number of benzene rings is 2. The van der Waals surface area contributed by atoms with Gasteiger partial charge in [-0.2, -0.15) is 0 Å². The molecule has 20 heavy (non-hydrogen) atoms. The Kier molecular flexibility index (Phi) is 3.09. The molecule has 1 aliphatic rings. The van der Waals surface area contributed by atoms with E-state index in [1.165, 1.54) is 54.5 Å². The van der Waals surface area contributed by atoms with Crippen LogP contribution in [0.3, 0.4) is 0 Å². The Morgan fingerprint density at radius 3 is 2.05 bits per heavy atom. The van der Waals surface area contributed by atoms with Gasteiger partial charge in [-0.3, -0.25) is 0 Å². The first-order chi connectivity index (χ1) is 9.41. The Hall–Kier alpha value is -1.41. The molecule has 0 saturated carbocycles. The van der Waals surface area contributed by atoms with Crippen molar-refractivity contribution in [1.29, 1.82) is 0 Å². The van der Waals surface area contributed by atoms with Crippen molar-refractivity contribution in [2.75, 3.05) is 5.32 Å². The van der Waals surface area contributed by atoms with E-state index in [0.717, 1.165) is 0 Å². The van der Waals surface area contributed by atoms with Crippen molar-refractivity contribution in [3.05, 3.63) is 45.5 Å². The molecule has 0 amide bonds. The Labute approximate surface area is 125 Å². The summed E-state index contributed by atoms with van der Waals surface area (Å²) in [6, 6.07) is 4.41. The minimum absolute atomic E-state index is 1.25. The molecule has 0 unspecified atom stereocenters. The lowest BCUT2D eigenvalue weighted by Crippen LogP contribution is -2.08. The number of nitrogens with one attached hydrogen (secondary N) is 1. The van der Waals surface area contributed by atoms with Crippen molar-refractivity contribution >= 4 is 23.1 Å². The Balaban J connectivity index is 2.26. The maximum Gasteiger partial charge on any atom is 0.0561 e. The van der Waals surface area contributed by atoms with E-state index in [9.17, 15) is 0 Å². The Bertz CT molecular complexity index is 729. The molecule has 1 N–H and O–H groups in total. The van der Waals surface area contributed by atoms with Gasteiger partial charge in [0.05, 0.1) is 11.4 Å². The largest absolute Gasteiger partial charge is 0.353 e. The average molecular weight is 283 g/mol. The van der Waals surface area contributed by atoms with Crippen molar-refractivity contribution in [3.63, 3.8) is 0 Å². The average Bonchev–Trinajstić information content (AvgIpc) is 2.45. The first-order valence-electron chi connectivity index (χ1n) is 7.07. The molecule has 2 heteroatoms. The van der Waals surface area contributed by atoms with E-state index in [2.05, 4.69) is 59.0 Å². The summed E-state index contributed by atoms with van der Waals surface area (Å²) in [6.45, 7) is 13.3. The fourth-order valence-corrected chi connectivity index (χ4v) is 4.17. The van der Waals surface area contributed by atoms with Gasteiger partial charge < -0.3 is 5.32 Å². The molecule has 0 saturated heterocycles. The monoisotopic (exact) mass is 283 g/mol. The van der Waals surface area contributed by atoms with Gasteiger partial charge in [-0.25, -0.2) is 0 Å². The number of hydrogen-bond acceptors (Lipinski definition) is 2. The Morgan fingerprint density at radius 1 is 0.700 bits per heavy atom. The van der Waals surface area contributed by atoms with Gasteiger partial charge in [-0.05, 0) is 81.0 Å². The summed E-state index contributed by atoms with van der Waals surface area (Å²) in [5.74, 6) is 0. The third-order valence-electron chi connectivity index (χ3n) is 4.77. The van der Waals surface area contributed by atoms with Gasteiger partial charge in [-0.1, -0.05) is 17.8 Å². The predicted octanol–water partition coefficient (Wildman–Crippen LogP) is 5.75. The zero-order valence-corrected chi connectivity index (χ0v) is 13.9. The number of rotatable bonds is 0. The van der Waals surface area contributed by atoms with Crippen LogP contribution in [0.4, 0.5) is 11.4 Å². The van der Waals surface area contributed by atoms with E-state index in [1.54, 1.807) is 0 Å². The summed E-state index contributed by atoms with van der Waals surface area (Å²) in [5.41, 5.74) is 10.9. The fourth-order valence-electron chi connectivity index (χ4n) is 2.81. The van der Waals surface area contributed by atoms with Crippen LogP contribution in [-0.2, 0) is 0 Å². The standard InChI is InChI=1S/C18H21NS/c1-9-7-8-15-17(10(9)2)20-18-14(6)12(4)11(3)13(5)16(18)19-15/h7-8,19H,1-6H3. The molecule has 0 spiro atoms. The Morgan fingerprint density at radius 2 is 1.35 bits per heavy atom. The van der Waals surface area contributed by atoms with E-state index in [1.807, 2.05) is 11.8 Å². The lowest BCUT2D eigenvalue weighted by Gasteiger charge is -2.28. The normalized spacial score (nSPS) is 12.7. The van der Waals surface area contributed by atoms with Crippen molar-refractivity contribution < 1.29 is 0 Å². The second-order valence-corrected chi connectivity index (χ2v) is 6.84. The highest BCUT2D eigenvalue weighted by atomic mass is 32.2. The molecule has 0 radical (unpaired) electrons. The molecule has 0 fully saturated rings. The minimum Gasteiger partial charge on any atom is -0.353 e. The first kappa shape index (κ1) is 13.6. The molecule has 1 aliphatic heterocycles. The molecule has 0 atom stereocenters. The predicted molar refractivity (Wildman–Crippen MR) is 88.7 cm³/mol. The van der Waals surface area contributed by atoms with E-state index in [-0.39, 0.29) is 0 Å². The summed E-state index contributed by atoms with van der Waals surface area (Å²) in [7, 11) is 0. The number of fused-ring (bicyclic) bond motifs is 2. The van der Waals surface area contributed by atoms with Gasteiger partial charge >= 0.3 is 0 Å². The van der Waals surface area contributed by atoms with Crippen molar-refractivity contribution in [1.82, 2.24) is 0 Å². The molecule has 2 aromatic carbocycles. The second-order valence-electron chi connectivity index (χ2n) is 5.82. The first-order valence-corrected chi connectivity index (χ1v) is 7.89. The quantitative estimate of drug-likeness (QED) is 0.564. The third kappa shape index (κ3) is 1.78. The highest BCUT2D eigenvalue weighted by Gasteiger charge is 2.23. The second kappa shape index (κ2) is 4.56. The lowest BCUT2D eigenvalue weighted by atomic mass is 9.97. The van der Waals surface area contributed by atoms with Crippen LogP contribution >= 0.6 is 11.8 Å². The van der Waals surface area contributed by atoms with Crippen LogP contribution < -0.4 is 5.32 Å². The molecule has 1 nitrogen and oxygen atoms in total. The smallest absolute Gasteiger partial charge is 0.0561 e. The van der Waals surface area contributed by atoms with Crippen LogP contribution in [0, 0.1) is 41.5 Å². The van der Waals surface area contributed by atoms with E-state index in [4.69, 9.17) is 0 Å². The molecule has 2 aromatic rings. The van der Waals surface area contributed by atoms with Crippen molar-refractivity contribution in [3.8, 4) is 0 Å². The van der Waals surface area contributed by atoms with Gasteiger partial charge in [0.2, 0.25) is 0 Å². The van der Waals surface area contributed by atoms with Crippen molar-refractivity contribution in [2.45, 2.75) is 51.3 Å². The van der Waals surface area contributed by atoms with Crippen molar-refractivity contribution in [2.24, 2.45) is 0 Å². The molecular weight excluding hydrogens is 262 g/mol. The van der Waals surface area contributed by atoms with Gasteiger partial charge in [0.1, 0.15) is 0 Å². The minimum atomic E-state index is 1.25. The van der Waals surface area contributed by atoms with Crippen LogP contribution in [0.15, 0.2) is 21.9 Å². The highest BCUT2D eigenvalue weighted by molar-refractivity contribution is 7.99. The van der Waals surface area contributed by atoms with Crippen LogP contribution in [0.5, 0.6) is 0 Å². The summed E-state index contributed by atoms with van der Waals surface area (Å²) in [6.07, 6.45) is 0. The van der Waals surface area contributed by atoms with Gasteiger partial charge in [0.25, 0.3) is 0 Å².